The third kappa shape index (κ3) is 2.77. The van der Waals surface area contributed by atoms with Crippen molar-refractivity contribution in [2.24, 2.45) is 5.41 Å². The number of thiazole rings is 1. The molecule has 1 aromatic rings. The third-order valence-corrected chi connectivity index (χ3v) is 4.37. The van der Waals surface area contributed by atoms with Gasteiger partial charge in [-0.25, -0.2) is 4.98 Å². The highest BCUT2D eigenvalue weighted by atomic mass is 32.1. The lowest BCUT2D eigenvalue weighted by molar-refractivity contribution is 0.0947. The van der Waals surface area contributed by atoms with Gasteiger partial charge in [-0.05, 0) is 31.6 Å². The fraction of sp³-hybridized carbons (Fsp3) is 0.667. The van der Waals surface area contributed by atoms with Gasteiger partial charge in [0.15, 0.2) is 5.13 Å². The van der Waals surface area contributed by atoms with Crippen molar-refractivity contribution in [3.8, 4) is 0 Å². The van der Waals surface area contributed by atoms with Crippen LogP contribution in [-0.2, 0) is 0 Å². The summed E-state index contributed by atoms with van der Waals surface area (Å²) < 4.78 is 0. The van der Waals surface area contributed by atoms with Gasteiger partial charge in [0.2, 0.25) is 0 Å². The second-order valence-electron chi connectivity index (χ2n) is 4.90. The Kier molecular flexibility index (Phi) is 3.38. The minimum absolute atomic E-state index is 0.0286. The first-order valence-electron chi connectivity index (χ1n) is 6.07. The van der Waals surface area contributed by atoms with Crippen molar-refractivity contribution in [1.29, 1.82) is 0 Å². The highest BCUT2D eigenvalue weighted by Gasteiger charge is 2.41. The molecule has 0 unspecified atom stereocenters. The molecule has 17 heavy (non-hydrogen) atoms. The van der Waals surface area contributed by atoms with Crippen molar-refractivity contribution < 1.29 is 4.79 Å². The Bertz CT molecular complexity index is 423. The Hall–Kier alpha value is -1.10. The lowest BCUT2D eigenvalue weighted by Crippen LogP contribution is -2.30. The molecule has 3 N–H and O–H groups in total. The van der Waals surface area contributed by atoms with Crippen molar-refractivity contribution in [3.05, 3.63) is 10.6 Å². The molecule has 1 heterocycles. The molecular weight excluding hydrogens is 234 g/mol. The van der Waals surface area contributed by atoms with Gasteiger partial charge in [0, 0.05) is 6.54 Å². The summed E-state index contributed by atoms with van der Waals surface area (Å²) in [6.07, 6.45) is 4.87. The fourth-order valence-electron chi connectivity index (χ4n) is 2.20. The largest absolute Gasteiger partial charge is 0.375 e. The van der Waals surface area contributed by atoms with E-state index in [1.165, 1.54) is 37.0 Å². The van der Waals surface area contributed by atoms with Gasteiger partial charge in [-0.15, -0.1) is 0 Å². The summed E-state index contributed by atoms with van der Waals surface area (Å²) in [6.45, 7) is 4.80. The maximum Gasteiger partial charge on any atom is 0.263 e. The molecule has 0 aromatic carbocycles. The SMILES string of the molecule is CCCC1(CNC(=O)c2sc(N)nc2C)CC1. The summed E-state index contributed by atoms with van der Waals surface area (Å²) in [4.78, 5) is 16.7. The van der Waals surface area contributed by atoms with Gasteiger partial charge >= 0.3 is 0 Å². The van der Waals surface area contributed by atoms with Crippen LogP contribution in [0.1, 0.15) is 48.0 Å². The van der Waals surface area contributed by atoms with Crippen molar-refractivity contribution >= 4 is 22.4 Å². The number of hydrogen-bond donors (Lipinski definition) is 2. The van der Waals surface area contributed by atoms with Crippen molar-refractivity contribution in [3.63, 3.8) is 0 Å². The Morgan fingerprint density at radius 1 is 1.59 bits per heavy atom. The monoisotopic (exact) mass is 253 g/mol. The van der Waals surface area contributed by atoms with Gasteiger partial charge in [0.25, 0.3) is 5.91 Å². The van der Waals surface area contributed by atoms with Crippen LogP contribution in [0.5, 0.6) is 0 Å². The number of carbonyl (C=O) groups excluding carboxylic acids is 1. The molecule has 5 heteroatoms. The van der Waals surface area contributed by atoms with Gasteiger partial charge in [-0.1, -0.05) is 24.7 Å². The number of aryl methyl sites for hydroxylation is 1. The van der Waals surface area contributed by atoms with E-state index < -0.39 is 0 Å². The molecule has 0 bridgehead atoms. The maximum atomic E-state index is 12.0. The van der Waals surface area contributed by atoms with Crippen molar-refractivity contribution in [2.75, 3.05) is 12.3 Å². The zero-order valence-electron chi connectivity index (χ0n) is 10.4. The molecule has 1 aliphatic carbocycles. The zero-order chi connectivity index (χ0) is 12.5. The van der Waals surface area contributed by atoms with E-state index in [2.05, 4.69) is 17.2 Å². The topological polar surface area (TPSA) is 68.0 Å². The van der Waals surface area contributed by atoms with E-state index in [0.29, 0.717) is 15.4 Å². The average Bonchev–Trinajstić information content (AvgIpc) is 2.95. The van der Waals surface area contributed by atoms with E-state index in [4.69, 9.17) is 5.73 Å². The maximum absolute atomic E-state index is 12.0. The molecule has 0 atom stereocenters. The van der Waals surface area contributed by atoms with E-state index in [0.717, 1.165) is 12.2 Å². The highest BCUT2D eigenvalue weighted by Crippen LogP contribution is 2.48. The molecule has 2 rings (SSSR count). The van der Waals surface area contributed by atoms with E-state index in [1.807, 2.05) is 6.92 Å². The first kappa shape index (κ1) is 12.4. The Labute approximate surface area is 106 Å². The number of nitrogen functional groups attached to an aromatic ring is 1. The molecule has 0 saturated heterocycles. The molecule has 0 aliphatic heterocycles. The Morgan fingerprint density at radius 2 is 2.29 bits per heavy atom. The smallest absolute Gasteiger partial charge is 0.263 e. The van der Waals surface area contributed by atoms with Crippen LogP contribution >= 0.6 is 11.3 Å². The number of rotatable bonds is 5. The van der Waals surface area contributed by atoms with Gasteiger partial charge in [-0.2, -0.15) is 0 Å². The predicted molar refractivity (Wildman–Crippen MR) is 70.2 cm³/mol. The van der Waals surface area contributed by atoms with Crippen LogP contribution in [0.3, 0.4) is 0 Å². The summed E-state index contributed by atoms with van der Waals surface area (Å²) in [5.41, 5.74) is 6.70. The predicted octanol–water partition coefficient (Wildman–Crippen LogP) is 2.34. The molecule has 0 spiro atoms. The number of hydrogen-bond acceptors (Lipinski definition) is 4. The standard InChI is InChI=1S/C12H19N3OS/c1-3-4-12(5-6-12)7-14-10(16)9-8(2)15-11(13)17-9/h3-7H2,1-2H3,(H2,13,15)(H,14,16). The molecule has 1 fully saturated rings. The molecule has 0 radical (unpaired) electrons. The molecule has 1 aromatic heterocycles. The van der Waals surface area contributed by atoms with Crippen LogP contribution in [0, 0.1) is 12.3 Å². The quantitative estimate of drug-likeness (QED) is 0.846. The van der Waals surface area contributed by atoms with Gasteiger partial charge < -0.3 is 11.1 Å². The summed E-state index contributed by atoms with van der Waals surface area (Å²) in [6, 6.07) is 0. The van der Waals surface area contributed by atoms with Crippen molar-refractivity contribution in [1.82, 2.24) is 10.3 Å². The summed E-state index contributed by atoms with van der Waals surface area (Å²) in [5.74, 6) is -0.0286. The van der Waals surface area contributed by atoms with Crippen LogP contribution in [0.2, 0.25) is 0 Å². The number of amides is 1. The Morgan fingerprint density at radius 3 is 2.76 bits per heavy atom. The summed E-state index contributed by atoms with van der Waals surface area (Å²) in [7, 11) is 0. The Balaban J connectivity index is 1.92. The number of carbonyl (C=O) groups is 1. The molecule has 94 valence electrons. The number of nitrogens with one attached hydrogen (secondary N) is 1. The van der Waals surface area contributed by atoms with Gasteiger partial charge in [0.1, 0.15) is 4.88 Å². The minimum atomic E-state index is -0.0286. The normalized spacial score (nSPS) is 16.8. The lowest BCUT2D eigenvalue weighted by Gasteiger charge is -2.14. The number of aromatic nitrogens is 1. The highest BCUT2D eigenvalue weighted by molar-refractivity contribution is 7.17. The van der Waals surface area contributed by atoms with Crippen molar-refractivity contribution in [2.45, 2.75) is 39.5 Å². The van der Waals surface area contributed by atoms with Gasteiger partial charge in [0.05, 0.1) is 5.69 Å². The first-order chi connectivity index (χ1) is 8.06. The van der Waals surface area contributed by atoms with E-state index in [1.54, 1.807) is 0 Å². The van der Waals surface area contributed by atoms with Crippen LogP contribution in [-0.4, -0.2) is 17.4 Å². The molecular formula is C12H19N3OS. The van der Waals surface area contributed by atoms with E-state index >= 15 is 0 Å². The molecule has 1 aliphatic rings. The summed E-state index contributed by atoms with van der Waals surface area (Å²) >= 11 is 1.26. The number of anilines is 1. The average molecular weight is 253 g/mol. The third-order valence-electron chi connectivity index (χ3n) is 3.38. The first-order valence-corrected chi connectivity index (χ1v) is 6.89. The molecule has 1 saturated carbocycles. The number of nitrogens with two attached hydrogens (primary N) is 1. The van der Waals surface area contributed by atoms with Crippen LogP contribution < -0.4 is 11.1 Å². The second kappa shape index (κ2) is 4.64. The fourth-order valence-corrected chi connectivity index (χ4v) is 2.95. The lowest BCUT2D eigenvalue weighted by atomic mass is 10.0. The molecule has 4 nitrogen and oxygen atoms in total. The van der Waals surface area contributed by atoms with E-state index in [9.17, 15) is 4.79 Å². The number of nitrogens with zero attached hydrogens (tertiary/aromatic N) is 1. The molecule has 1 amide bonds. The second-order valence-corrected chi connectivity index (χ2v) is 5.93. The van der Waals surface area contributed by atoms with Crippen LogP contribution in [0.25, 0.3) is 0 Å². The zero-order valence-corrected chi connectivity index (χ0v) is 11.2. The summed E-state index contributed by atoms with van der Waals surface area (Å²) in [5, 5.41) is 3.48. The van der Waals surface area contributed by atoms with Crippen LogP contribution in [0.15, 0.2) is 0 Å². The van der Waals surface area contributed by atoms with E-state index in [-0.39, 0.29) is 5.91 Å². The minimum Gasteiger partial charge on any atom is -0.375 e. The van der Waals surface area contributed by atoms with Gasteiger partial charge in [-0.3, -0.25) is 4.79 Å². The van der Waals surface area contributed by atoms with Crippen LogP contribution in [0.4, 0.5) is 5.13 Å².